The Balaban J connectivity index is 1.76. The lowest BCUT2D eigenvalue weighted by Crippen LogP contribution is -1.96. The van der Waals surface area contributed by atoms with E-state index in [-0.39, 0.29) is 11.3 Å². The third-order valence-electron chi connectivity index (χ3n) is 3.78. The zero-order chi connectivity index (χ0) is 16.9. The Kier molecular flexibility index (Phi) is 5.32. The molecule has 0 spiro atoms. The van der Waals surface area contributed by atoms with E-state index in [1.54, 1.807) is 11.3 Å². The molecule has 0 N–H and O–H groups in total. The van der Waals surface area contributed by atoms with Crippen LogP contribution in [0.4, 0.5) is 14.5 Å². The first-order chi connectivity index (χ1) is 11.7. The third kappa shape index (κ3) is 4.04. The van der Waals surface area contributed by atoms with Crippen LogP contribution in [-0.2, 0) is 6.42 Å². The van der Waals surface area contributed by atoms with Gasteiger partial charge in [-0.1, -0.05) is 24.0 Å². The molecule has 1 aliphatic carbocycles. The van der Waals surface area contributed by atoms with Crippen molar-refractivity contribution in [3.05, 3.63) is 63.4 Å². The lowest BCUT2D eigenvalue weighted by molar-refractivity contribution is 0.572. The Morgan fingerprint density at radius 2 is 1.92 bits per heavy atom. The van der Waals surface area contributed by atoms with E-state index in [9.17, 15) is 8.78 Å². The van der Waals surface area contributed by atoms with Gasteiger partial charge >= 0.3 is 0 Å². The first-order valence-corrected chi connectivity index (χ1v) is 8.71. The minimum Gasteiger partial charge on any atom is -0.206 e. The molecule has 1 nitrogen and oxygen atoms in total. The van der Waals surface area contributed by atoms with Crippen LogP contribution in [0.5, 0.6) is 0 Å². The summed E-state index contributed by atoms with van der Waals surface area (Å²) in [6.07, 6.45) is 7.72. The normalized spacial score (nSPS) is 13.4. The molecule has 1 heterocycles. The molecular formula is C19H13F2NS2. The fourth-order valence-electron chi connectivity index (χ4n) is 2.58. The SMILES string of the molecule is Fc1cc(N=C=S)c(F)cc1C#Cc1ccc(CC2CC=CC2)s1. The highest BCUT2D eigenvalue weighted by molar-refractivity contribution is 7.78. The van der Waals surface area contributed by atoms with Gasteiger partial charge in [-0.15, -0.1) is 11.3 Å². The van der Waals surface area contributed by atoms with E-state index >= 15 is 0 Å². The van der Waals surface area contributed by atoms with Crippen LogP contribution in [-0.4, -0.2) is 5.16 Å². The molecule has 0 fully saturated rings. The number of benzene rings is 1. The second kappa shape index (κ2) is 7.63. The number of hydrogen-bond acceptors (Lipinski definition) is 3. The van der Waals surface area contributed by atoms with Crippen LogP contribution in [0.2, 0.25) is 0 Å². The van der Waals surface area contributed by atoms with Gasteiger partial charge in [0.2, 0.25) is 0 Å². The summed E-state index contributed by atoms with van der Waals surface area (Å²) in [5.41, 5.74) is -0.164. The van der Waals surface area contributed by atoms with Crippen LogP contribution in [0.1, 0.15) is 28.2 Å². The molecule has 2 aromatic rings. The van der Waals surface area contributed by atoms with Crippen molar-refractivity contribution in [2.45, 2.75) is 19.3 Å². The second-order valence-corrected chi connectivity index (χ2v) is 6.87. The Morgan fingerprint density at radius 3 is 2.67 bits per heavy atom. The first kappa shape index (κ1) is 16.7. The van der Waals surface area contributed by atoms with Gasteiger partial charge in [0.15, 0.2) is 5.82 Å². The van der Waals surface area contributed by atoms with Crippen molar-refractivity contribution in [1.29, 1.82) is 0 Å². The number of aliphatic imine (C=N–C) groups is 1. The van der Waals surface area contributed by atoms with Crippen LogP contribution in [0.25, 0.3) is 0 Å². The van der Waals surface area contributed by atoms with E-state index in [0.717, 1.165) is 36.3 Å². The summed E-state index contributed by atoms with van der Waals surface area (Å²) in [6, 6.07) is 5.99. The largest absolute Gasteiger partial charge is 0.206 e. The van der Waals surface area contributed by atoms with E-state index < -0.39 is 11.6 Å². The summed E-state index contributed by atoms with van der Waals surface area (Å²) < 4.78 is 27.7. The van der Waals surface area contributed by atoms with E-state index in [2.05, 4.69) is 47.3 Å². The summed E-state index contributed by atoms with van der Waals surface area (Å²) in [5, 5.41) is 2.02. The van der Waals surface area contributed by atoms with Gasteiger partial charge in [0.25, 0.3) is 0 Å². The summed E-state index contributed by atoms with van der Waals surface area (Å²) in [5.74, 6) is 4.98. The molecule has 0 radical (unpaired) electrons. The average Bonchev–Trinajstić information content (AvgIpc) is 3.22. The molecule has 0 saturated carbocycles. The molecule has 1 aromatic heterocycles. The van der Waals surface area contributed by atoms with Crippen molar-refractivity contribution < 1.29 is 8.78 Å². The number of halogens is 2. The predicted octanol–water partition coefficient (Wildman–Crippen LogP) is 5.67. The summed E-state index contributed by atoms with van der Waals surface area (Å²) in [6.45, 7) is 0. The summed E-state index contributed by atoms with van der Waals surface area (Å²) in [7, 11) is 0. The summed E-state index contributed by atoms with van der Waals surface area (Å²) >= 11 is 6.00. The maximum absolute atomic E-state index is 13.9. The van der Waals surface area contributed by atoms with Crippen LogP contribution in [0.15, 0.2) is 41.4 Å². The molecular weight excluding hydrogens is 344 g/mol. The van der Waals surface area contributed by atoms with Gasteiger partial charge in [0, 0.05) is 10.9 Å². The van der Waals surface area contributed by atoms with Gasteiger partial charge in [-0.2, -0.15) is 4.99 Å². The summed E-state index contributed by atoms with van der Waals surface area (Å²) in [4.78, 5) is 5.59. The number of allylic oxidation sites excluding steroid dienone is 2. The minimum atomic E-state index is -0.668. The van der Waals surface area contributed by atoms with Crippen LogP contribution in [0.3, 0.4) is 0 Å². The third-order valence-corrected chi connectivity index (χ3v) is 4.89. The molecule has 1 aromatic carbocycles. The number of thiocarbonyl (C=S) groups is 1. The van der Waals surface area contributed by atoms with Gasteiger partial charge in [0.1, 0.15) is 11.5 Å². The monoisotopic (exact) mass is 357 g/mol. The highest BCUT2D eigenvalue weighted by Crippen LogP contribution is 2.26. The van der Waals surface area contributed by atoms with Gasteiger partial charge < -0.3 is 0 Å². The molecule has 1 aliphatic rings. The molecule has 0 aliphatic heterocycles. The topological polar surface area (TPSA) is 12.4 Å². The zero-order valence-corrected chi connectivity index (χ0v) is 14.3. The van der Waals surface area contributed by atoms with Crippen molar-refractivity contribution in [2.24, 2.45) is 10.9 Å². The molecule has 120 valence electrons. The number of thiophene rings is 1. The molecule has 0 bridgehead atoms. The van der Waals surface area contributed by atoms with Crippen LogP contribution < -0.4 is 0 Å². The lowest BCUT2D eigenvalue weighted by atomic mass is 10.0. The van der Waals surface area contributed by atoms with Crippen molar-refractivity contribution in [3.63, 3.8) is 0 Å². The molecule has 0 unspecified atom stereocenters. The molecule has 0 saturated heterocycles. The van der Waals surface area contributed by atoms with Crippen molar-refractivity contribution >= 4 is 34.4 Å². The van der Waals surface area contributed by atoms with Crippen molar-refractivity contribution in [1.82, 2.24) is 0 Å². The van der Waals surface area contributed by atoms with E-state index in [4.69, 9.17) is 0 Å². The van der Waals surface area contributed by atoms with Gasteiger partial charge in [0.05, 0.1) is 15.6 Å². The number of isothiocyanates is 1. The molecule has 0 amide bonds. The Labute approximate surface area is 148 Å². The minimum absolute atomic E-state index is 0.00533. The predicted molar refractivity (Wildman–Crippen MR) is 96.9 cm³/mol. The second-order valence-electron chi connectivity index (χ2n) is 5.52. The van der Waals surface area contributed by atoms with Crippen LogP contribution in [0, 0.1) is 29.4 Å². The number of rotatable bonds is 3. The fourth-order valence-corrected chi connectivity index (χ4v) is 3.65. The average molecular weight is 357 g/mol. The Morgan fingerprint density at radius 1 is 1.12 bits per heavy atom. The lowest BCUT2D eigenvalue weighted by Gasteiger charge is -2.05. The molecule has 3 rings (SSSR count). The highest BCUT2D eigenvalue weighted by atomic mass is 32.1. The number of hydrogen-bond donors (Lipinski definition) is 0. The highest BCUT2D eigenvalue weighted by Gasteiger charge is 2.12. The molecule has 24 heavy (non-hydrogen) atoms. The maximum Gasteiger partial charge on any atom is 0.151 e. The Hall–Kier alpha value is -2.12. The zero-order valence-electron chi connectivity index (χ0n) is 12.7. The number of nitrogens with zero attached hydrogens (tertiary/aromatic N) is 1. The van der Waals surface area contributed by atoms with Gasteiger partial charge in [-0.3, -0.25) is 0 Å². The smallest absolute Gasteiger partial charge is 0.151 e. The van der Waals surface area contributed by atoms with Crippen LogP contribution >= 0.6 is 23.6 Å². The molecule has 0 atom stereocenters. The maximum atomic E-state index is 13.9. The Bertz CT molecular complexity index is 888. The van der Waals surface area contributed by atoms with Gasteiger partial charge in [-0.25, -0.2) is 8.78 Å². The van der Waals surface area contributed by atoms with Gasteiger partial charge in [-0.05, 0) is 55.6 Å². The molecule has 5 heteroatoms. The van der Waals surface area contributed by atoms with Crippen molar-refractivity contribution in [3.8, 4) is 11.8 Å². The fraction of sp³-hybridized carbons (Fsp3) is 0.211. The van der Waals surface area contributed by atoms with E-state index in [1.165, 1.54) is 4.88 Å². The van der Waals surface area contributed by atoms with Crippen molar-refractivity contribution in [2.75, 3.05) is 0 Å². The quantitative estimate of drug-likeness (QED) is 0.298. The first-order valence-electron chi connectivity index (χ1n) is 7.48. The standard InChI is InChI=1S/C19H13F2NS2/c20-17-11-19(22-12-23)18(21)10-14(17)5-6-15-7-8-16(24-15)9-13-3-1-2-4-13/h1-2,7-8,10-11,13H,3-4,9H2. The van der Waals surface area contributed by atoms with E-state index in [0.29, 0.717) is 5.92 Å². The van der Waals surface area contributed by atoms with E-state index in [1.807, 2.05) is 11.2 Å².